The van der Waals surface area contributed by atoms with E-state index in [1.165, 1.54) is 51.4 Å². The third-order valence-corrected chi connectivity index (χ3v) is 15.8. The van der Waals surface area contributed by atoms with Gasteiger partial charge in [-0.3, -0.25) is 19.2 Å². The van der Waals surface area contributed by atoms with E-state index in [-0.39, 0.29) is 23.6 Å². The molecule has 0 saturated carbocycles. The minimum Gasteiger partial charge on any atom is -0.384 e. The lowest BCUT2D eigenvalue weighted by atomic mass is 10.1. The van der Waals surface area contributed by atoms with Crippen LogP contribution < -0.4 is 31.9 Å². The maximum atomic E-state index is 13.0. The number of nitrogens with one attached hydrogen (secondary N) is 6. The summed E-state index contributed by atoms with van der Waals surface area (Å²) in [7, 11) is 0. The number of hydrogen-bond donors (Lipinski definition) is 6. The van der Waals surface area contributed by atoms with Crippen molar-refractivity contribution in [3.05, 3.63) is 72.8 Å². The topological polar surface area (TPSA) is 179 Å². The van der Waals surface area contributed by atoms with Crippen LogP contribution in [0.25, 0.3) is 43.6 Å². The van der Waals surface area contributed by atoms with Crippen LogP contribution >= 0.6 is 0 Å². The molecule has 2 aromatic heterocycles. The maximum Gasteiger partial charge on any atom is 0.225 e. The third-order valence-electron chi connectivity index (χ3n) is 15.8. The Morgan fingerprint density at radius 2 is 0.605 bits per heavy atom. The van der Waals surface area contributed by atoms with E-state index in [1.54, 1.807) is 0 Å². The molecular weight excluding hydrogens is 953 g/mol. The highest BCUT2D eigenvalue weighted by atomic mass is 16.2. The lowest BCUT2D eigenvalue weighted by molar-refractivity contribution is -0.117. The van der Waals surface area contributed by atoms with Crippen molar-refractivity contribution in [3.8, 4) is 0 Å². The standard InChI is InChI=1S/C60H78N12O4/c73-55(21-35-69-27-5-6-28-69)63-43-13-17-47-51(39-43)67-52-40-44(64-56(74)22-36-70-29-7-8-30-70)14-18-48(52)59(47)61-25-3-1-2-4-26-62-60-49-19-15-45(65-57(75)23-37-71-31-9-10-32-71)41-53(49)68-54-42-46(16-20-50(54)60)66-58(76)24-38-72-33-11-12-34-72/h13-20,39-42H,1-12,21-38H2,(H,61,67)(H,62,68)(H,63,73)(H,64,74)(H,65,75)(H,66,76). The fourth-order valence-electron chi connectivity index (χ4n) is 11.6. The van der Waals surface area contributed by atoms with Crippen molar-refractivity contribution in [2.45, 2.75) is 103 Å². The molecule has 4 amide bonds. The Bertz CT molecular complexity index is 2610. The van der Waals surface area contributed by atoms with Crippen LogP contribution in [-0.4, -0.2) is 145 Å². The zero-order valence-electron chi connectivity index (χ0n) is 44.5. The lowest BCUT2D eigenvalue weighted by Crippen LogP contribution is -2.25. The molecule has 4 saturated heterocycles. The van der Waals surface area contributed by atoms with Crippen LogP contribution in [0, 0.1) is 0 Å². The van der Waals surface area contributed by atoms with Gasteiger partial charge in [0.15, 0.2) is 0 Å². The first-order valence-corrected chi connectivity index (χ1v) is 28.6. The summed E-state index contributed by atoms with van der Waals surface area (Å²) in [5.41, 5.74) is 7.96. The third kappa shape index (κ3) is 14.3. The molecule has 4 fully saturated rings. The second kappa shape index (κ2) is 26.1. The van der Waals surface area contributed by atoms with Crippen molar-refractivity contribution in [3.63, 3.8) is 0 Å². The minimum atomic E-state index is 0.000133. The normalized spacial score (nSPS) is 16.6. The first-order valence-electron chi connectivity index (χ1n) is 28.6. The molecule has 0 bridgehead atoms. The quantitative estimate of drug-likeness (QED) is 0.0237. The molecule has 0 radical (unpaired) electrons. The van der Waals surface area contributed by atoms with Gasteiger partial charge in [0.05, 0.1) is 33.4 Å². The molecule has 4 aromatic carbocycles. The van der Waals surface area contributed by atoms with Crippen molar-refractivity contribution in [2.24, 2.45) is 0 Å². The van der Waals surface area contributed by atoms with Crippen LogP contribution in [0.15, 0.2) is 72.8 Å². The van der Waals surface area contributed by atoms with Gasteiger partial charge < -0.3 is 51.5 Å². The Balaban J connectivity index is 0.783. The van der Waals surface area contributed by atoms with Crippen LogP contribution in [0.2, 0.25) is 0 Å². The average molecular weight is 1030 g/mol. The summed E-state index contributed by atoms with van der Waals surface area (Å²) in [5.74, 6) is 0.000532. The van der Waals surface area contributed by atoms with Gasteiger partial charge in [-0.05, 0) is 189 Å². The van der Waals surface area contributed by atoms with Crippen LogP contribution in [0.4, 0.5) is 34.1 Å². The van der Waals surface area contributed by atoms with Gasteiger partial charge in [0.1, 0.15) is 0 Å². The number of amides is 4. The number of benzene rings is 4. The van der Waals surface area contributed by atoms with Gasteiger partial charge in [-0.25, -0.2) is 9.97 Å². The molecule has 6 N–H and O–H groups in total. The summed E-state index contributed by atoms with van der Waals surface area (Å²) >= 11 is 0. The van der Waals surface area contributed by atoms with E-state index in [2.05, 4.69) is 51.5 Å². The van der Waals surface area contributed by atoms with Crippen molar-refractivity contribution >= 4 is 101 Å². The van der Waals surface area contributed by atoms with E-state index in [9.17, 15) is 19.2 Å². The largest absolute Gasteiger partial charge is 0.384 e. The molecule has 4 aliphatic heterocycles. The number of carbonyl (C=O) groups excluding carboxylic acids is 4. The van der Waals surface area contributed by atoms with E-state index < -0.39 is 0 Å². The molecule has 0 atom stereocenters. The number of rotatable bonds is 25. The number of fused-ring (bicyclic) bond motifs is 4. The predicted octanol–water partition coefficient (Wildman–Crippen LogP) is 9.87. The predicted molar refractivity (Wildman–Crippen MR) is 310 cm³/mol. The van der Waals surface area contributed by atoms with Gasteiger partial charge in [-0.1, -0.05) is 12.8 Å². The minimum absolute atomic E-state index is 0.000133. The second-order valence-electron chi connectivity index (χ2n) is 21.6. The Morgan fingerprint density at radius 3 is 0.855 bits per heavy atom. The number of nitrogens with zero attached hydrogens (tertiary/aromatic N) is 6. The highest BCUT2D eigenvalue weighted by molar-refractivity contribution is 6.11. The molecule has 6 aromatic rings. The number of carbonyl (C=O) groups is 4. The number of anilines is 6. The Labute approximate surface area is 447 Å². The van der Waals surface area contributed by atoms with E-state index in [0.717, 1.165) is 195 Å². The van der Waals surface area contributed by atoms with E-state index in [0.29, 0.717) is 25.7 Å². The summed E-state index contributed by atoms with van der Waals surface area (Å²) in [5, 5.41) is 23.9. The van der Waals surface area contributed by atoms with Crippen molar-refractivity contribution in [2.75, 3.05) is 124 Å². The second-order valence-corrected chi connectivity index (χ2v) is 21.6. The number of aromatic nitrogens is 2. The summed E-state index contributed by atoms with van der Waals surface area (Å²) in [6.07, 6.45) is 15.4. The number of pyridine rings is 2. The molecule has 0 spiro atoms. The molecule has 0 aliphatic carbocycles. The van der Waals surface area contributed by atoms with Gasteiger partial charge in [-0.2, -0.15) is 0 Å². The van der Waals surface area contributed by atoms with Crippen molar-refractivity contribution in [1.82, 2.24) is 29.6 Å². The number of hydrogen-bond acceptors (Lipinski definition) is 12. The van der Waals surface area contributed by atoms with E-state index in [4.69, 9.17) is 9.97 Å². The Hall–Kier alpha value is -6.46. The fraction of sp³-hybridized carbons (Fsp3) is 0.500. The molecule has 10 rings (SSSR count). The van der Waals surface area contributed by atoms with Gasteiger partial charge in [0.2, 0.25) is 23.6 Å². The highest BCUT2D eigenvalue weighted by Gasteiger charge is 2.19. The Morgan fingerprint density at radius 1 is 0.355 bits per heavy atom. The molecule has 76 heavy (non-hydrogen) atoms. The fourth-order valence-corrected chi connectivity index (χ4v) is 11.6. The molecule has 6 heterocycles. The molecule has 0 unspecified atom stereocenters. The zero-order chi connectivity index (χ0) is 52.1. The van der Waals surface area contributed by atoms with E-state index >= 15 is 0 Å². The number of unbranched alkanes of at least 4 members (excludes halogenated alkanes) is 3. The van der Waals surface area contributed by atoms with Crippen LogP contribution in [-0.2, 0) is 19.2 Å². The lowest BCUT2D eigenvalue weighted by Gasteiger charge is -2.17. The highest BCUT2D eigenvalue weighted by Crippen LogP contribution is 2.36. The van der Waals surface area contributed by atoms with Gasteiger partial charge in [0, 0.05) is 109 Å². The Kier molecular flexibility index (Phi) is 18.2. The van der Waals surface area contributed by atoms with Crippen molar-refractivity contribution < 1.29 is 19.2 Å². The van der Waals surface area contributed by atoms with Crippen molar-refractivity contribution in [1.29, 1.82) is 0 Å². The van der Waals surface area contributed by atoms with Gasteiger partial charge >= 0.3 is 0 Å². The first-order chi connectivity index (χ1) is 37.3. The summed E-state index contributed by atoms with van der Waals surface area (Å²) < 4.78 is 0. The molecule has 4 aliphatic rings. The molecular formula is C60H78N12O4. The maximum absolute atomic E-state index is 13.0. The molecule has 402 valence electrons. The summed E-state index contributed by atoms with van der Waals surface area (Å²) in [4.78, 5) is 71.8. The van der Waals surface area contributed by atoms with Crippen LogP contribution in [0.1, 0.15) is 103 Å². The monoisotopic (exact) mass is 1030 g/mol. The first kappa shape index (κ1) is 53.0. The molecule has 16 heteroatoms. The molecule has 16 nitrogen and oxygen atoms in total. The summed E-state index contributed by atoms with van der Waals surface area (Å²) in [6.45, 7) is 13.1. The smallest absolute Gasteiger partial charge is 0.225 e. The van der Waals surface area contributed by atoms with E-state index in [1.807, 2.05) is 72.8 Å². The SMILES string of the molecule is O=C(CCN1CCCC1)Nc1ccc2c(NCCCCCCNc3c4ccc(NC(=O)CCN5CCCC5)cc4nc4cc(NC(=O)CCN5CCCC5)ccc34)c3ccc(NC(=O)CCN4CCCC4)cc3nc2c1. The number of likely N-dealkylation sites (tertiary alicyclic amines) is 4. The van der Waals surface area contributed by atoms with Crippen LogP contribution in [0.5, 0.6) is 0 Å². The average Bonchev–Trinajstić information content (AvgIpc) is 4.31. The summed E-state index contributed by atoms with van der Waals surface area (Å²) in [6, 6.07) is 23.9. The van der Waals surface area contributed by atoms with Gasteiger partial charge in [0.25, 0.3) is 0 Å². The van der Waals surface area contributed by atoms with Gasteiger partial charge in [-0.15, -0.1) is 0 Å². The zero-order valence-corrected chi connectivity index (χ0v) is 44.5. The van der Waals surface area contributed by atoms with Crippen LogP contribution in [0.3, 0.4) is 0 Å².